The van der Waals surface area contributed by atoms with Crippen LogP contribution >= 0.6 is 11.3 Å². The quantitative estimate of drug-likeness (QED) is 0.697. The third-order valence-electron chi connectivity index (χ3n) is 5.15. The molecule has 1 aliphatic carbocycles. The van der Waals surface area contributed by atoms with Crippen LogP contribution in [0.5, 0.6) is 0 Å². The zero-order valence-electron chi connectivity index (χ0n) is 16.5. The number of amides is 1. The van der Waals surface area contributed by atoms with Crippen LogP contribution in [0.2, 0.25) is 0 Å². The van der Waals surface area contributed by atoms with Crippen molar-refractivity contribution < 1.29 is 13.8 Å². The van der Waals surface area contributed by atoms with Crippen LogP contribution < -0.4 is 5.32 Å². The number of hydrogen-bond donors (Lipinski definition) is 1. The van der Waals surface area contributed by atoms with Crippen LogP contribution in [-0.2, 0) is 24.2 Å². The maximum absolute atomic E-state index is 12.6. The SMILES string of the molecule is Cc1noc(C)c1-c1nc2c(s1)CCC(C(=O)NCc1cc(C(C)C)on1)C2. The summed E-state index contributed by atoms with van der Waals surface area (Å²) in [6, 6.07) is 1.90. The Balaban J connectivity index is 1.41. The van der Waals surface area contributed by atoms with Gasteiger partial charge >= 0.3 is 0 Å². The number of nitrogens with one attached hydrogen (secondary N) is 1. The predicted molar refractivity (Wildman–Crippen MR) is 105 cm³/mol. The molecular formula is C20H24N4O3S. The molecule has 0 fully saturated rings. The number of carbonyl (C=O) groups excluding carboxylic acids is 1. The summed E-state index contributed by atoms with van der Waals surface area (Å²) in [4.78, 5) is 18.7. The number of aromatic nitrogens is 3. The lowest BCUT2D eigenvalue weighted by atomic mass is 9.90. The van der Waals surface area contributed by atoms with Crippen molar-refractivity contribution in [1.29, 1.82) is 0 Å². The molecule has 0 spiro atoms. The summed E-state index contributed by atoms with van der Waals surface area (Å²) in [5.41, 5.74) is 3.61. The molecule has 0 aliphatic heterocycles. The highest BCUT2D eigenvalue weighted by Gasteiger charge is 2.29. The average Bonchev–Trinajstić information content (AvgIpc) is 3.37. The molecule has 1 atom stereocenters. The first-order valence-electron chi connectivity index (χ1n) is 9.57. The largest absolute Gasteiger partial charge is 0.361 e. The molecule has 3 aromatic rings. The van der Waals surface area contributed by atoms with Crippen molar-refractivity contribution in [1.82, 2.24) is 20.6 Å². The monoisotopic (exact) mass is 400 g/mol. The van der Waals surface area contributed by atoms with Gasteiger partial charge in [0, 0.05) is 29.2 Å². The van der Waals surface area contributed by atoms with Gasteiger partial charge < -0.3 is 14.4 Å². The number of nitrogens with zero attached hydrogens (tertiary/aromatic N) is 3. The van der Waals surface area contributed by atoms with Crippen molar-refractivity contribution >= 4 is 17.2 Å². The minimum absolute atomic E-state index is 0.0478. The second-order valence-corrected chi connectivity index (χ2v) is 8.70. The summed E-state index contributed by atoms with van der Waals surface area (Å²) in [6.45, 7) is 8.32. The van der Waals surface area contributed by atoms with Crippen molar-refractivity contribution in [3.63, 3.8) is 0 Å². The first-order valence-corrected chi connectivity index (χ1v) is 10.4. The van der Waals surface area contributed by atoms with Gasteiger partial charge in [-0.15, -0.1) is 11.3 Å². The van der Waals surface area contributed by atoms with Gasteiger partial charge in [0.15, 0.2) is 0 Å². The molecule has 8 heteroatoms. The molecule has 1 unspecified atom stereocenters. The van der Waals surface area contributed by atoms with Crippen molar-refractivity contribution in [2.24, 2.45) is 5.92 Å². The van der Waals surface area contributed by atoms with Gasteiger partial charge in [-0.05, 0) is 26.7 Å². The molecule has 1 amide bonds. The molecule has 3 aromatic heterocycles. The second kappa shape index (κ2) is 7.50. The Labute approximate surface area is 167 Å². The van der Waals surface area contributed by atoms with E-state index in [4.69, 9.17) is 14.0 Å². The standard InChI is InChI=1S/C20H24N4O3S/c1-10(2)16-8-14(24-27-16)9-21-19(25)13-5-6-17-15(7-13)22-20(28-17)18-11(3)23-26-12(18)4/h8,10,13H,5-7,9H2,1-4H3,(H,21,25). The molecule has 0 radical (unpaired) electrons. The molecule has 0 saturated heterocycles. The number of hydrogen-bond acceptors (Lipinski definition) is 7. The molecule has 0 bridgehead atoms. The smallest absolute Gasteiger partial charge is 0.223 e. The number of thiazole rings is 1. The van der Waals surface area contributed by atoms with Gasteiger partial charge in [-0.2, -0.15) is 0 Å². The van der Waals surface area contributed by atoms with E-state index in [9.17, 15) is 4.79 Å². The molecule has 1 aliphatic rings. The first-order chi connectivity index (χ1) is 13.4. The van der Waals surface area contributed by atoms with Gasteiger partial charge in [-0.25, -0.2) is 4.98 Å². The van der Waals surface area contributed by atoms with Crippen molar-refractivity contribution in [2.45, 2.75) is 59.4 Å². The highest BCUT2D eigenvalue weighted by molar-refractivity contribution is 7.15. The van der Waals surface area contributed by atoms with Crippen LogP contribution in [-0.4, -0.2) is 21.2 Å². The zero-order valence-corrected chi connectivity index (χ0v) is 17.4. The van der Waals surface area contributed by atoms with Crippen molar-refractivity contribution in [3.05, 3.63) is 39.5 Å². The van der Waals surface area contributed by atoms with Gasteiger partial charge in [0.25, 0.3) is 0 Å². The Morgan fingerprint density at radius 2 is 2.14 bits per heavy atom. The Morgan fingerprint density at radius 3 is 2.82 bits per heavy atom. The molecule has 4 rings (SSSR count). The molecule has 1 N–H and O–H groups in total. The minimum atomic E-state index is -0.0661. The molecule has 0 aromatic carbocycles. The summed E-state index contributed by atoms with van der Waals surface area (Å²) in [5, 5.41) is 12.0. The van der Waals surface area contributed by atoms with Crippen molar-refractivity contribution in [2.75, 3.05) is 0 Å². The third-order valence-corrected chi connectivity index (χ3v) is 6.32. The highest BCUT2D eigenvalue weighted by atomic mass is 32.1. The van der Waals surface area contributed by atoms with Crippen molar-refractivity contribution in [3.8, 4) is 10.6 Å². The topological polar surface area (TPSA) is 94.0 Å². The van der Waals surface area contributed by atoms with Crippen LogP contribution in [0.4, 0.5) is 0 Å². The predicted octanol–water partition coefficient (Wildman–Crippen LogP) is 3.95. The average molecular weight is 401 g/mol. The maximum Gasteiger partial charge on any atom is 0.223 e. The molecule has 148 valence electrons. The van der Waals surface area contributed by atoms with E-state index in [2.05, 4.69) is 15.6 Å². The second-order valence-electron chi connectivity index (χ2n) is 7.62. The summed E-state index contributed by atoms with van der Waals surface area (Å²) in [7, 11) is 0. The molecular weight excluding hydrogens is 376 g/mol. The lowest BCUT2D eigenvalue weighted by molar-refractivity contribution is -0.125. The van der Waals surface area contributed by atoms with E-state index < -0.39 is 0 Å². The fraction of sp³-hybridized carbons (Fsp3) is 0.500. The van der Waals surface area contributed by atoms with E-state index in [1.807, 2.05) is 33.8 Å². The molecule has 3 heterocycles. The third kappa shape index (κ3) is 3.61. The van der Waals surface area contributed by atoms with Crippen LogP contribution in [0, 0.1) is 19.8 Å². The molecule has 7 nitrogen and oxygen atoms in total. The number of carbonyl (C=O) groups is 1. The number of rotatable bonds is 5. The minimum Gasteiger partial charge on any atom is -0.361 e. The van der Waals surface area contributed by atoms with Gasteiger partial charge in [-0.1, -0.05) is 24.2 Å². The lowest BCUT2D eigenvalue weighted by Gasteiger charge is -2.20. The lowest BCUT2D eigenvalue weighted by Crippen LogP contribution is -2.33. The Morgan fingerprint density at radius 1 is 1.32 bits per heavy atom. The van der Waals surface area contributed by atoms with E-state index in [1.54, 1.807) is 11.3 Å². The Kier molecular flexibility index (Phi) is 5.05. The van der Waals surface area contributed by atoms with E-state index in [0.717, 1.165) is 52.0 Å². The molecule has 28 heavy (non-hydrogen) atoms. The van der Waals surface area contributed by atoms with Crippen LogP contribution in [0.25, 0.3) is 10.6 Å². The van der Waals surface area contributed by atoms with E-state index in [-0.39, 0.29) is 17.7 Å². The first kappa shape index (κ1) is 18.9. The fourth-order valence-electron chi connectivity index (χ4n) is 3.50. The van der Waals surface area contributed by atoms with Gasteiger partial charge in [0.05, 0.1) is 23.5 Å². The van der Waals surface area contributed by atoms with E-state index >= 15 is 0 Å². The Bertz CT molecular complexity index is 982. The van der Waals surface area contributed by atoms with Gasteiger partial charge in [0.1, 0.15) is 22.2 Å². The number of fused-ring (bicyclic) bond motifs is 1. The summed E-state index contributed by atoms with van der Waals surface area (Å²) < 4.78 is 10.6. The molecule has 0 saturated carbocycles. The van der Waals surface area contributed by atoms with Gasteiger partial charge in [0.2, 0.25) is 5.91 Å². The highest BCUT2D eigenvalue weighted by Crippen LogP contribution is 2.37. The zero-order chi connectivity index (χ0) is 19.8. The fourth-order valence-corrected chi connectivity index (χ4v) is 4.75. The van der Waals surface area contributed by atoms with Crippen LogP contribution in [0.15, 0.2) is 15.1 Å². The van der Waals surface area contributed by atoms with E-state index in [0.29, 0.717) is 13.0 Å². The van der Waals surface area contributed by atoms with Gasteiger partial charge in [-0.3, -0.25) is 4.79 Å². The Hall–Kier alpha value is -2.48. The van der Waals surface area contributed by atoms with Crippen LogP contribution in [0.3, 0.4) is 0 Å². The summed E-state index contributed by atoms with van der Waals surface area (Å²) >= 11 is 1.69. The number of aryl methyl sites for hydroxylation is 3. The summed E-state index contributed by atoms with van der Waals surface area (Å²) in [6.07, 6.45) is 2.37. The van der Waals surface area contributed by atoms with E-state index in [1.165, 1.54) is 4.88 Å². The maximum atomic E-state index is 12.6. The normalized spacial score (nSPS) is 16.4. The summed E-state index contributed by atoms with van der Waals surface area (Å²) in [5.74, 6) is 1.88. The van der Waals surface area contributed by atoms with Crippen LogP contribution in [0.1, 0.15) is 59.7 Å².